The minimum atomic E-state index is -1.41. The van der Waals surface area contributed by atoms with E-state index >= 15 is 0 Å². The minimum absolute atomic E-state index is 0.0991. The van der Waals surface area contributed by atoms with Crippen molar-refractivity contribution >= 4 is 17.7 Å². The van der Waals surface area contributed by atoms with Crippen molar-refractivity contribution in [2.24, 2.45) is 16.8 Å². The summed E-state index contributed by atoms with van der Waals surface area (Å²) in [4.78, 5) is 32.9. The van der Waals surface area contributed by atoms with Gasteiger partial charge in [0.15, 0.2) is 11.6 Å². The summed E-state index contributed by atoms with van der Waals surface area (Å²) < 4.78 is 28.6. The molecule has 0 fully saturated rings. The summed E-state index contributed by atoms with van der Waals surface area (Å²) in [6.07, 6.45) is 1.65. The summed E-state index contributed by atoms with van der Waals surface area (Å²) in [6, 6.07) is 8.53. The second-order valence-corrected chi connectivity index (χ2v) is 7.41. The molecule has 1 aliphatic rings. The molecule has 2 N–H and O–H groups in total. The normalized spacial score (nSPS) is 26.6. The zero-order valence-electron chi connectivity index (χ0n) is 15.8. The summed E-state index contributed by atoms with van der Waals surface area (Å²) in [6.45, 7) is 3.05. The zero-order valence-corrected chi connectivity index (χ0v) is 15.8. The molecule has 0 aliphatic carbocycles. The van der Waals surface area contributed by atoms with Crippen LogP contribution in [0.3, 0.4) is 0 Å². The van der Waals surface area contributed by atoms with E-state index in [0.29, 0.717) is 5.69 Å². The molecule has 6 nitrogen and oxygen atoms in total. The van der Waals surface area contributed by atoms with Crippen molar-refractivity contribution in [1.29, 1.82) is 0 Å². The monoisotopic (exact) mass is 402 g/mol. The standard InChI is InChI=1S/C21H20F2N2O4/c1-11-15(19(26)27)16(13-7-5-8-14(22)18(13)23)17(20(28)29)21(2,25-11)10-12-6-3-4-9-24-12/h3-9,15-17H,10H2,1-2H3,(H,26,27)(H,28,29). The Morgan fingerprint density at radius 3 is 2.41 bits per heavy atom. The van der Waals surface area contributed by atoms with Crippen LogP contribution in [0.5, 0.6) is 0 Å². The topological polar surface area (TPSA) is 99.9 Å². The maximum absolute atomic E-state index is 14.7. The molecule has 4 atom stereocenters. The number of pyridine rings is 1. The van der Waals surface area contributed by atoms with Gasteiger partial charge in [0.2, 0.25) is 0 Å². The molecule has 0 radical (unpaired) electrons. The second-order valence-electron chi connectivity index (χ2n) is 7.41. The largest absolute Gasteiger partial charge is 0.481 e. The lowest BCUT2D eigenvalue weighted by atomic mass is 9.63. The highest BCUT2D eigenvalue weighted by Gasteiger charge is 2.54. The molecule has 2 heterocycles. The molecule has 29 heavy (non-hydrogen) atoms. The fourth-order valence-corrected chi connectivity index (χ4v) is 4.29. The van der Waals surface area contributed by atoms with Crippen LogP contribution in [0.25, 0.3) is 0 Å². The summed E-state index contributed by atoms with van der Waals surface area (Å²) in [7, 11) is 0. The summed E-state index contributed by atoms with van der Waals surface area (Å²) in [5, 5.41) is 19.8. The van der Waals surface area contributed by atoms with E-state index in [4.69, 9.17) is 0 Å². The van der Waals surface area contributed by atoms with Gasteiger partial charge in [0.05, 0.1) is 11.5 Å². The van der Waals surface area contributed by atoms with Gasteiger partial charge in [-0.3, -0.25) is 19.6 Å². The van der Waals surface area contributed by atoms with E-state index in [1.807, 2.05) is 0 Å². The lowest BCUT2D eigenvalue weighted by molar-refractivity contribution is -0.148. The van der Waals surface area contributed by atoms with Crippen molar-refractivity contribution in [3.05, 3.63) is 65.5 Å². The molecule has 3 rings (SSSR count). The van der Waals surface area contributed by atoms with Crippen LogP contribution in [0.1, 0.15) is 31.0 Å². The predicted octanol–water partition coefficient (Wildman–Crippen LogP) is 3.32. The number of aromatic nitrogens is 1. The second kappa shape index (κ2) is 7.69. The maximum atomic E-state index is 14.7. The molecule has 2 aromatic rings. The highest BCUT2D eigenvalue weighted by atomic mass is 19.2. The average molecular weight is 402 g/mol. The van der Waals surface area contributed by atoms with Crippen LogP contribution in [0.15, 0.2) is 47.6 Å². The average Bonchev–Trinajstić information content (AvgIpc) is 2.63. The third kappa shape index (κ3) is 3.74. The van der Waals surface area contributed by atoms with Crippen molar-refractivity contribution in [2.45, 2.75) is 31.7 Å². The zero-order chi connectivity index (χ0) is 21.3. The fourth-order valence-electron chi connectivity index (χ4n) is 4.29. The number of halogens is 2. The van der Waals surface area contributed by atoms with Gasteiger partial charge in [0, 0.05) is 29.9 Å². The highest BCUT2D eigenvalue weighted by Crippen LogP contribution is 2.47. The summed E-state index contributed by atoms with van der Waals surface area (Å²) >= 11 is 0. The first-order valence-electron chi connectivity index (χ1n) is 9.01. The highest BCUT2D eigenvalue weighted by molar-refractivity contribution is 6.03. The number of carboxylic acid groups (broad SMARTS) is 2. The summed E-state index contributed by atoms with van der Waals surface area (Å²) in [5.74, 6) is -9.24. The number of hydrogen-bond acceptors (Lipinski definition) is 4. The van der Waals surface area contributed by atoms with Crippen LogP contribution in [-0.2, 0) is 16.0 Å². The Hall–Kier alpha value is -3.16. The Bertz CT molecular complexity index is 980. The molecule has 0 amide bonds. The van der Waals surface area contributed by atoms with Crippen molar-refractivity contribution in [2.75, 3.05) is 0 Å². The van der Waals surface area contributed by atoms with Crippen molar-refractivity contribution in [3.8, 4) is 0 Å². The first-order chi connectivity index (χ1) is 13.7. The van der Waals surface area contributed by atoms with Gasteiger partial charge < -0.3 is 10.2 Å². The van der Waals surface area contributed by atoms with E-state index in [9.17, 15) is 28.6 Å². The van der Waals surface area contributed by atoms with Crippen LogP contribution < -0.4 is 0 Å². The van der Waals surface area contributed by atoms with Gasteiger partial charge in [-0.15, -0.1) is 0 Å². The number of hydrogen-bond donors (Lipinski definition) is 2. The maximum Gasteiger partial charge on any atom is 0.312 e. The molecule has 1 aromatic carbocycles. The molecule has 4 unspecified atom stereocenters. The van der Waals surface area contributed by atoms with Crippen molar-refractivity contribution < 1.29 is 28.6 Å². The molecule has 8 heteroatoms. The van der Waals surface area contributed by atoms with Gasteiger partial charge in [0.25, 0.3) is 0 Å². The molecule has 0 saturated heterocycles. The molecule has 0 saturated carbocycles. The number of carboxylic acids is 2. The molecule has 0 spiro atoms. The Balaban J connectivity index is 2.23. The van der Waals surface area contributed by atoms with Gasteiger partial charge in [-0.1, -0.05) is 18.2 Å². The predicted molar refractivity (Wildman–Crippen MR) is 101 cm³/mol. The Morgan fingerprint density at radius 2 is 1.83 bits per heavy atom. The molecule has 1 aromatic heterocycles. The first kappa shape index (κ1) is 20.6. The van der Waals surface area contributed by atoms with Crippen molar-refractivity contribution in [3.63, 3.8) is 0 Å². The number of carbonyl (C=O) groups is 2. The number of rotatable bonds is 5. The molecule has 1 aliphatic heterocycles. The Kier molecular flexibility index (Phi) is 5.46. The van der Waals surface area contributed by atoms with Crippen LogP contribution in [0.4, 0.5) is 8.78 Å². The van der Waals surface area contributed by atoms with Crippen molar-refractivity contribution in [1.82, 2.24) is 4.98 Å². The molecule has 0 bridgehead atoms. The fraction of sp³-hybridized carbons (Fsp3) is 0.333. The number of benzene rings is 1. The van der Waals surface area contributed by atoms with Gasteiger partial charge in [-0.25, -0.2) is 8.78 Å². The van der Waals surface area contributed by atoms with Gasteiger partial charge in [-0.05, 0) is 37.6 Å². The van der Waals surface area contributed by atoms with E-state index in [0.717, 1.165) is 6.07 Å². The van der Waals surface area contributed by atoms with Gasteiger partial charge >= 0.3 is 11.9 Å². The van der Waals surface area contributed by atoms with E-state index in [1.165, 1.54) is 19.1 Å². The van der Waals surface area contributed by atoms with Gasteiger partial charge in [0.1, 0.15) is 5.92 Å². The third-order valence-corrected chi connectivity index (χ3v) is 5.41. The first-order valence-corrected chi connectivity index (χ1v) is 9.01. The van der Waals surface area contributed by atoms with E-state index < -0.39 is 46.9 Å². The third-order valence-electron chi connectivity index (χ3n) is 5.41. The molecule has 152 valence electrons. The smallest absolute Gasteiger partial charge is 0.312 e. The van der Waals surface area contributed by atoms with E-state index in [2.05, 4.69) is 9.98 Å². The number of nitrogens with zero attached hydrogens (tertiary/aromatic N) is 2. The quantitative estimate of drug-likeness (QED) is 0.799. The lowest BCUT2D eigenvalue weighted by Crippen LogP contribution is -2.52. The van der Waals surface area contributed by atoms with Crippen LogP contribution >= 0.6 is 0 Å². The van der Waals surface area contributed by atoms with Crippen LogP contribution in [0, 0.1) is 23.5 Å². The minimum Gasteiger partial charge on any atom is -0.481 e. The van der Waals surface area contributed by atoms with Crippen LogP contribution in [0.2, 0.25) is 0 Å². The SMILES string of the molecule is CC1=NC(C)(Cc2ccccn2)C(C(=O)O)C(c2cccc(F)c2F)C1C(=O)O. The van der Waals surface area contributed by atoms with E-state index in [1.54, 1.807) is 31.3 Å². The number of aliphatic imine (C=N–C) groups is 1. The Morgan fingerprint density at radius 1 is 1.10 bits per heavy atom. The van der Waals surface area contributed by atoms with Gasteiger partial charge in [-0.2, -0.15) is 0 Å². The van der Waals surface area contributed by atoms with Crippen LogP contribution in [-0.4, -0.2) is 38.4 Å². The molecular formula is C21H20F2N2O4. The molecular weight excluding hydrogens is 382 g/mol. The Labute approximate surface area is 165 Å². The number of aliphatic carboxylic acids is 2. The summed E-state index contributed by atoms with van der Waals surface area (Å²) in [5.41, 5.74) is -0.877. The lowest BCUT2D eigenvalue weighted by Gasteiger charge is -2.44. The van der Waals surface area contributed by atoms with E-state index in [-0.39, 0.29) is 17.7 Å².